The standard InChI is InChI=1S/C11H21N3O2/c1-8(15)14(2)10-6-4-3-5-9(10)13-11(16)7-12/h9-10H,3-7,12H2,1-2H3,(H,13,16). The van der Waals surface area contributed by atoms with Gasteiger partial charge in [0.2, 0.25) is 11.8 Å². The maximum atomic E-state index is 11.3. The molecular formula is C11H21N3O2. The van der Waals surface area contributed by atoms with Crippen LogP contribution in [0.1, 0.15) is 32.6 Å². The molecule has 92 valence electrons. The first kappa shape index (κ1) is 13.0. The topological polar surface area (TPSA) is 75.4 Å². The lowest BCUT2D eigenvalue weighted by molar-refractivity contribution is -0.132. The minimum absolute atomic E-state index is 0.00695. The van der Waals surface area contributed by atoms with E-state index in [0.717, 1.165) is 25.7 Å². The predicted molar refractivity (Wildman–Crippen MR) is 61.7 cm³/mol. The van der Waals surface area contributed by atoms with E-state index in [1.807, 2.05) is 0 Å². The first-order valence-corrected chi connectivity index (χ1v) is 5.79. The number of nitrogens with one attached hydrogen (secondary N) is 1. The second-order valence-electron chi connectivity index (χ2n) is 4.36. The third-order valence-corrected chi connectivity index (χ3v) is 3.26. The summed E-state index contributed by atoms with van der Waals surface area (Å²) in [6, 6.07) is 0.167. The Morgan fingerprint density at radius 2 is 2.00 bits per heavy atom. The molecule has 0 heterocycles. The molecule has 1 aliphatic carbocycles. The van der Waals surface area contributed by atoms with E-state index in [-0.39, 0.29) is 30.4 Å². The molecule has 1 fully saturated rings. The van der Waals surface area contributed by atoms with E-state index in [9.17, 15) is 9.59 Å². The van der Waals surface area contributed by atoms with Gasteiger partial charge in [0.15, 0.2) is 0 Å². The van der Waals surface area contributed by atoms with Gasteiger partial charge in [0.05, 0.1) is 12.6 Å². The lowest BCUT2D eigenvalue weighted by atomic mass is 9.89. The Morgan fingerprint density at radius 3 is 2.56 bits per heavy atom. The third-order valence-electron chi connectivity index (χ3n) is 3.26. The van der Waals surface area contributed by atoms with Crippen molar-refractivity contribution in [3.63, 3.8) is 0 Å². The summed E-state index contributed by atoms with van der Waals surface area (Å²) in [5, 5.41) is 2.90. The average Bonchev–Trinajstić information content (AvgIpc) is 2.28. The van der Waals surface area contributed by atoms with E-state index in [1.165, 1.54) is 0 Å². The van der Waals surface area contributed by atoms with Crippen LogP contribution in [-0.2, 0) is 9.59 Å². The van der Waals surface area contributed by atoms with Gasteiger partial charge < -0.3 is 16.0 Å². The van der Waals surface area contributed by atoms with Crippen LogP contribution >= 0.6 is 0 Å². The third kappa shape index (κ3) is 3.20. The van der Waals surface area contributed by atoms with Crippen molar-refractivity contribution in [2.24, 2.45) is 5.73 Å². The average molecular weight is 227 g/mol. The summed E-state index contributed by atoms with van der Waals surface area (Å²) in [4.78, 5) is 24.3. The fraction of sp³-hybridized carbons (Fsp3) is 0.818. The van der Waals surface area contributed by atoms with Crippen LogP contribution in [0.15, 0.2) is 0 Å². The zero-order valence-corrected chi connectivity index (χ0v) is 10.0. The van der Waals surface area contributed by atoms with E-state index in [2.05, 4.69) is 5.32 Å². The highest BCUT2D eigenvalue weighted by Crippen LogP contribution is 2.22. The monoisotopic (exact) mass is 227 g/mol. The molecule has 2 atom stereocenters. The molecule has 0 aromatic rings. The molecule has 1 saturated carbocycles. The Labute approximate surface area is 96.4 Å². The number of hydrogen-bond acceptors (Lipinski definition) is 3. The van der Waals surface area contributed by atoms with Gasteiger partial charge in [-0.3, -0.25) is 9.59 Å². The fourth-order valence-corrected chi connectivity index (χ4v) is 2.24. The van der Waals surface area contributed by atoms with Crippen molar-refractivity contribution in [3.05, 3.63) is 0 Å². The summed E-state index contributed by atoms with van der Waals surface area (Å²) >= 11 is 0. The van der Waals surface area contributed by atoms with E-state index in [4.69, 9.17) is 5.73 Å². The van der Waals surface area contributed by atoms with Crippen molar-refractivity contribution in [3.8, 4) is 0 Å². The minimum atomic E-state index is -0.145. The van der Waals surface area contributed by atoms with Gasteiger partial charge in [-0.1, -0.05) is 12.8 Å². The van der Waals surface area contributed by atoms with Crippen LogP contribution in [0.25, 0.3) is 0 Å². The molecule has 0 aromatic carbocycles. The largest absolute Gasteiger partial charge is 0.350 e. The molecule has 5 nitrogen and oxygen atoms in total. The fourth-order valence-electron chi connectivity index (χ4n) is 2.24. The summed E-state index contributed by atoms with van der Waals surface area (Å²) in [5.41, 5.74) is 5.28. The number of nitrogens with zero attached hydrogens (tertiary/aromatic N) is 1. The minimum Gasteiger partial charge on any atom is -0.350 e. The summed E-state index contributed by atoms with van der Waals surface area (Å²) in [7, 11) is 1.79. The first-order valence-electron chi connectivity index (χ1n) is 5.79. The molecule has 2 unspecified atom stereocenters. The van der Waals surface area contributed by atoms with Crippen molar-refractivity contribution in [2.75, 3.05) is 13.6 Å². The number of likely N-dealkylation sites (N-methyl/N-ethyl adjacent to an activating group) is 1. The molecule has 0 aliphatic heterocycles. The number of amides is 2. The van der Waals surface area contributed by atoms with Crippen LogP contribution in [0.3, 0.4) is 0 Å². The van der Waals surface area contributed by atoms with Crippen LogP contribution in [0.2, 0.25) is 0 Å². The van der Waals surface area contributed by atoms with E-state index < -0.39 is 0 Å². The summed E-state index contributed by atoms with van der Waals surface area (Å²) in [6.45, 7) is 1.56. The second kappa shape index (κ2) is 5.84. The SMILES string of the molecule is CC(=O)N(C)C1CCCCC1NC(=O)CN. The molecule has 1 aliphatic rings. The quantitative estimate of drug-likeness (QED) is 0.704. The van der Waals surface area contributed by atoms with Gasteiger partial charge in [0.25, 0.3) is 0 Å². The Bertz CT molecular complexity index is 268. The molecule has 5 heteroatoms. The molecule has 0 aromatic heterocycles. The molecule has 3 N–H and O–H groups in total. The van der Waals surface area contributed by atoms with Crippen LogP contribution < -0.4 is 11.1 Å². The first-order chi connectivity index (χ1) is 7.56. The zero-order chi connectivity index (χ0) is 12.1. The lowest BCUT2D eigenvalue weighted by Gasteiger charge is -2.37. The van der Waals surface area contributed by atoms with Gasteiger partial charge in [0.1, 0.15) is 0 Å². The summed E-state index contributed by atoms with van der Waals surface area (Å²) < 4.78 is 0. The number of carbonyl (C=O) groups is 2. The van der Waals surface area contributed by atoms with Crippen LogP contribution in [0, 0.1) is 0 Å². The van der Waals surface area contributed by atoms with Gasteiger partial charge in [-0.05, 0) is 12.8 Å². The normalized spacial score (nSPS) is 24.9. The van der Waals surface area contributed by atoms with Gasteiger partial charge >= 0.3 is 0 Å². The summed E-state index contributed by atoms with van der Waals surface area (Å²) in [6.07, 6.45) is 4.08. The van der Waals surface area contributed by atoms with Crippen molar-refractivity contribution in [1.82, 2.24) is 10.2 Å². The number of rotatable bonds is 3. The van der Waals surface area contributed by atoms with Crippen molar-refractivity contribution in [2.45, 2.75) is 44.7 Å². The molecule has 0 saturated heterocycles. The van der Waals surface area contributed by atoms with E-state index >= 15 is 0 Å². The van der Waals surface area contributed by atoms with Crippen molar-refractivity contribution in [1.29, 1.82) is 0 Å². The van der Waals surface area contributed by atoms with Gasteiger partial charge in [-0.2, -0.15) is 0 Å². The van der Waals surface area contributed by atoms with Gasteiger partial charge in [-0.15, -0.1) is 0 Å². The number of hydrogen-bond donors (Lipinski definition) is 2. The van der Waals surface area contributed by atoms with E-state index in [1.54, 1.807) is 18.9 Å². The Kier molecular flexibility index (Phi) is 4.73. The molecular weight excluding hydrogens is 206 g/mol. The zero-order valence-electron chi connectivity index (χ0n) is 10.0. The molecule has 0 radical (unpaired) electrons. The molecule has 16 heavy (non-hydrogen) atoms. The van der Waals surface area contributed by atoms with Crippen molar-refractivity contribution < 1.29 is 9.59 Å². The second-order valence-corrected chi connectivity index (χ2v) is 4.36. The van der Waals surface area contributed by atoms with Crippen LogP contribution in [0.4, 0.5) is 0 Å². The molecule has 1 rings (SSSR count). The maximum absolute atomic E-state index is 11.3. The molecule has 0 spiro atoms. The van der Waals surface area contributed by atoms with Crippen LogP contribution in [0.5, 0.6) is 0 Å². The smallest absolute Gasteiger partial charge is 0.234 e. The lowest BCUT2D eigenvalue weighted by Crippen LogP contribution is -2.54. The van der Waals surface area contributed by atoms with Crippen molar-refractivity contribution >= 4 is 11.8 Å². The van der Waals surface area contributed by atoms with E-state index in [0.29, 0.717) is 0 Å². The number of carbonyl (C=O) groups excluding carboxylic acids is 2. The highest BCUT2D eigenvalue weighted by Gasteiger charge is 2.30. The molecule has 2 amide bonds. The van der Waals surface area contributed by atoms with Gasteiger partial charge in [0, 0.05) is 20.0 Å². The van der Waals surface area contributed by atoms with Gasteiger partial charge in [-0.25, -0.2) is 0 Å². The van der Waals surface area contributed by atoms with Crippen LogP contribution in [-0.4, -0.2) is 42.4 Å². The highest BCUT2D eigenvalue weighted by molar-refractivity contribution is 5.78. The Morgan fingerprint density at radius 1 is 1.38 bits per heavy atom. The Balaban J connectivity index is 2.63. The molecule has 0 bridgehead atoms. The number of nitrogens with two attached hydrogens (primary N) is 1. The maximum Gasteiger partial charge on any atom is 0.234 e. The predicted octanol–water partition coefficient (Wildman–Crippen LogP) is -0.149. The highest BCUT2D eigenvalue weighted by atomic mass is 16.2. The Hall–Kier alpha value is -1.10. The summed E-state index contributed by atoms with van der Waals surface area (Å²) in [5.74, 6) is -0.104.